The lowest BCUT2D eigenvalue weighted by molar-refractivity contribution is -0.127. The first kappa shape index (κ1) is 13.4. The van der Waals surface area contributed by atoms with E-state index in [1.54, 1.807) is 0 Å². The number of amides is 1. The van der Waals surface area contributed by atoms with Crippen LogP contribution in [0, 0.1) is 0 Å². The van der Waals surface area contributed by atoms with Crippen molar-refractivity contribution in [3.05, 3.63) is 0 Å². The Labute approximate surface area is 97.7 Å². The quantitative estimate of drug-likeness (QED) is 0.572. The third kappa shape index (κ3) is 3.43. The fourth-order valence-corrected chi connectivity index (χ4v) is 2.05. The standard InChI is InChI=1S/C11H24N4O/c1-3-4-14-11(16)9(2)15-6-5-13-8-10(15)7-12/h9-10,13H,3-8,12H2,1-2H3,(H,14,16). The molecule has 5 nitrogen and oxygen atoms in total. The first-order chi connectivity index (χ1) is 7.70. The highest BCUT2D eigenvalue weighted by atomic mass is 16.2. The van der Waals surface area contributed by atoms with Gasteiger partial charge in [0.05, 0.1) is 6.04 Å². The molecule has 1 fully saturated rings. The maximum absolute atomic E-state index is 11.8. The van der Waals surface area contributed by atoms with E-state index >= 15 is 0 Å². The molecule has 0 aromatic heterocycles. The highest BCUT2D eigenvalue weighted by molar-refractivity contribution is 5.81. The van der Waals surface area contributed by atoms with Gasteiger partial charge in [0.25, 0.3) is 0 Å². The van der Waals surface area contributed by atoms with E-state index in [-0.39, 0.29) is 18.0 Å². The van der Waals surface area contributed by atoms with Crippen molar-refractivity contribution in [2.75, 3.05) is 32.7 Å². The molecule has 94 valence electrons. The van der Waals surface area contributed by atoms with Crippen LogP contribution in [0.3, 0.4) is 0 Å². The van der Waals surface area contributed by atoms with Gasteiger partial charge in [0, 0.05) is 38.8 Å². The van der Waals surface area contributed by atoms with E-state index < -0.39 is 0 Å². The minimum atomic E-state index is -0.0813. The molecule has 1 aliphatic rings. The van der Waals surface area contributed by atoms with Crippen LogP contribution in [0.25, 0.3) is 0 Å². The van der Waals surface area contributed by atoms with Crippen LogP contribution in [0.15, 0.2) is 0 Å². The van der Waals surface area contributed by atoms with Gasteiger partial charge in [-0.1, -0.05) is 6.92 Å². The predicted molar refractivity (Wildman–Crippen MR) is 65.2 cm³/mol. The summed E-state index contributed by atoms with van der Waals surface area (Å²) in [6.07, 6.45) is 0.973. The Balaban J connectivity index is 2.49. The minimum Gasteiger partial charge on any atom is -0.355 e. The van der Waals surface area contributed by atoms with Crippen LogP contribution in [-0.4, -0.2) is 55.6 Å². The van der Waals surface area contributed by atoms with Crippen molar-refractivity contribution in [2.45, 2.75) is 32.4 Å². The van der Waals surface area contributed by atoms with Crippen molar-refractivity contribution in [3.8, 4) is 0 Å². The van der Waals surface area contributed by atoms with Crippen molar-refractivity contribution >= 4 is 5.91 Å². The maximum Gasteiger partial charge on any atom is 0.237 e. The molecular weight excluding hydrogens is 204 g/mol. The number of nitrogens with zero attached hydrogens (tertiary/aromatic N) is 1. The number of nitrogens with one attached hydrogen (secondary N) is 2. The smallest absolute Gasteiger partial charge is 0.237 e. The van der Waals surface area contributed by atoms with Gasteiger partial charge in [-0.05, 0) is 13.3 Å². The number of piperazine rings is 1. The Morgan fingerprint density at radius 3 is 3.06 bits per heavy atom. The Hall–Kier alpha value is -0.650. The maximum atomic E-state index is 11.8. The summed E-state index contributed by atoms with van der Waals surface area (Å²) in [4.78, 5) is 14.0. The molecule has 1 rings (SSSR count). The fourth-order valence-electron chi connectivity index (χ4n) is 2.05. The third-order valence-corrected chi connectivity index (χ3v) is 3.09. The molecule has 0 bridgehead atoms. The van der Waals surface area contributed by atoms with E-state index in [0.717, 1.165) is 32.6 Å². The Kier molecular flexibility index (Phi) is 5.73. The second-order valence-corrected chi connectivity index (χ2v) is 4.30. The summed E-state index contributed by atoms with van der Waals surface area (Å²) in [5, 5.41) is 6.23. The molecule has 5 heteroatoms. The summed E-state index contributed by atoms with van der Waals surface area (Å²) in [7, 11) is 0. The molecule has 0 radical (unpaired) electrons. The van der Waals surface area contributed by atoms with Gasteiger partial charge < -0.3 is 16.4 Å². The molecule has 0 aromatic rings. The van der Waals surface area contributed by atoms with Crippen LogP contribution in [-0.2, 0) is 4.79 Å². The normalized spacial score (nSPS) is 24.1. The van der Waals surface area contributed by atoms with E-state index in [2.05, 4.69) is 22.5 Å². The van der Waals surface area contributed by atoms with Gasteiger partial charge in [-0.25, -0.2) is 0 Å². The van der Waals surface area contributed by atoms with E-state index in [4.69, 9.17) is 5.73 Å². The lowest BCUT2D eigenvalue weighted by Crippen LogP contribution is -2.60. The molecule has 2 atom stereocenters. The molecule has 2 unspecified atom stereocenters. The van der Waals surface area contributed by atoms with Crippen LogP contribution < -0.4 is 16.4 Å². The lowest BCUT2D eigenvalue weighted by Gasteiger charge is -2.38. The van der Waals surface area contributed by atoms with Crippen molar-refractivity contribution in [1.82, 2.24) is 15.5 Å². The summed E-state index contributed by atoms with van der Waals surface area (Å²) >= 11 is 0. The van der Waals surface area contributed by atoms with Crippen molar-refractivity contribution in [3.63, 3.8) is 0 Å². The van der Waals surface area contributed by atoms with Crippen LogP contribution in [0.2, 0.25) is 0 Å². The first-order valence-electron chi connectivity index (χ1n) is 6.15. The first-order valence-corrected chi connectivity index (χ1v) is 6.15. The molecule has 0 saturated carbocycles. The molecule has 4 N–H and O–H groups in total. The van der Waals surface area contributed by atoms with Crippen LogP contribution >= 0.6 is 0 Å². The average Bonchev–Trinajstić information content (AvgIpc) is 2.34. The Bertz CT molecular complexity index is 222. The zero-order valence-electron chi connectivity index (χ0n) is 10.3. The molecule has 1 saturated heterocycles. The molecule has 0 aliphatic carbocycles. The Morgan fingerprint density at radius 2 is 2.44 bits per heavy atom. The molecule has 16 heavy (non-hydrogen) atoms. The highest BCUT2D eigenvalue weighted by Gasteiger charge is 2.28. The molecule has 0 spiro atoms. The number of hydrogen-bond donors (Lipinski definition) is 3. The zero-order chi connectivity index (χ0) is 12.0. The minimum absolute atomic E-state index is 0.0813. The predicted octanol–water partition coefficient (Wildman–Crippen LogP) is -0.866. The number of nitrogens with two attached hydrogens (primary N) is 1. The summed E-state index contributed by atoms with van der Waals surface area (Å²) < 4.78 is 0. The van der Waals surface area contributed by atoms with Gasteiger partial charge in [-0.15, -0.1) is 0 Å². The van der Waals surface area contributed by atoms with E-state index in [9.17, 15) is 4.79 Å². The van der Waals surface area contributed by atoms with Crippen molar-refractivity contribution in [2.24, 2.45) is 5.73 Å². The summed E-state index contributed by atoms with van der Waals surface area (Å²) in [5.41, 5.74) is 5.72. The van der Waals surface area contributed by atoms with Gasteiger partial charge in [0.2, 0.25) is 5.91 Å². The van der Waals surface area contributed by atoms with Crippen molar-refractivity contribution in [1.29, 1.82) is 0 Å². The molecule has 0 aromatic carbocycles. The summed E-state index contributed by atoms with van der Waals surface area (Å²) in [6, 6.07) is 0.193. The van der Waals surface area contributed by atoms with Gasteiger partial charge >= 0.3 is 0 Å². The van der Waals surface area contributed by atoms with Crippen molar-refractivity contribution < 1.29 is 4.79 Å². The second-order valence-electron chi connectivity index (χ2n) is 4.30. The van der Waals surface area contributed by atoms with Crippen LogP contribution in [0.4, 0.5) is 0 Å². The van der Waals surface area contributed by atoms with E-state index in [1.807, 2.05) is 6.92 Å². The molecular formula is C11H24N4O. The summed E-state index contributed by atoms with van der Waals surface area (Å²) in [6.45, 7) is 8.06. The van der Waals surface area contributed by atoms with Gasteiger partial charge in [-0.3, -0.25) is 9.69 Å². The number of carbonyl (C=O) groups is 1. The zero-order valence-corrected chi connectivity index (χ0v) is 10.3. The number of hydrogen-bond acceptors (Lipinski definition) is 4. The molecule has 1 heterocycles. The average molecular weight is 228 g/mol. The highest BCUT2D eigenvalue weighted by Crippen LogP contribution is 2.07. The van der Waals surface area contributed by atoms with Crippen LogP contribution in [0.1, 0.15) is 20.3 Å². The van der Waals surface area contributed by atoms with E-state index in [1.165, 1.54) is 0 Å². The summed E-state index contributed by atoms with van der Waals surface area (Å²) in [5.74, 6) is 0.113. The molecule has 1 amide bonds. The lowest BCUT2D eigenvalue weighted by atomic mass is 10.1. The Morgan fingerprint density at radius 1 is 1.69 bits per heavy atom. The van der Waals surface area contributed by atoms with Gasteiger partial charge in [0.1, 0.15) is 0 Å². The third-order valence-electron chi connectivity index (χ3n) is 3.09. The number of rotatable bonds is 5. The number of carbonyl (C=O) groups excluding carboxylic acids is 1. The molecule has 1 aliphatic heterocycles. The monoisotopic (exact) mass is 228 g/mol. The van der Waals surface area contributed by atoms with Gasteiger partial charge in [0.15, 0.2) is 0 Å². The van der Waals surface area contributed by atoms with Gasteiger partial charge in [-0.2, -0.15) is 0 Å². The topological polar surface area (TPSA) is 70.4 Å². The largest absolute Gasteiger partial charge is 0.355 e. The van der Waals surface area contributed by atoms with Crippen LogP contribution in [0.5, 0.6) is 0 Å². The SMILES string of the molecule is CCCNC(=O)C(C)N1CCNCC1CN. The fraction of sp³-hybridized carbons (Fsp3) is 0.909. The second kappa shape index (κ2) is 6.83. The van der Waals surface area contributed by atoms with E-state index in [0.29, 0.717) is 6.54 Å².